The number of carbonyl (C=O) groups is 1. The molecule has 8 heteroatoms. The van der Waals surface area contributed by atoms with Crippen LogP contribution in [0, 0.1) is 5.92 Å². The van der Waals surface area contributed by atoms with E-state index in [1.54, 1.807) is 18.2 Å². The van der Waals surface area contributed by atoms with Gasteiger partial charge in [0.05, 0.1) is 11.7 Å². The second kappa shape index (κ2) is 11.6. The summed E-state index contributed by atoms with van der Waals surface area (Å²) in [5.74, 6) is -0.643. The molecule has 0 N–H and O–H groups in total. The van der Waals surface area contributed by atoms with Gasteiger partial charge in [0.25, 0.3) is 0 Å². The Balaban J connectivity index is 1.50. The minimum absolute atomic E-state index is 0.0258. The molecule has 4 rings (SSSR count). The highest BCUT2D eigenvalue weighted by molar-refractivity contribution is 7.88. The molecule has 35 heavy (non-hydrogen) atoms. The van der Waals surface area contributed by atoms with E-state index in [9.17, 15) is 13.2 Å². The average molecular weight is 532 g/mol. The molecule has 1 heterocycles. The molecule has 1 amide bonds. The molecule has 184 valence electrons. The molecule has 1 saturated heterocycles. The van der Waals surface area contributed by atoms with Gasteiger partial charge in [-0.05, 0) is 41.7 Å². The molecule has 0 radical (unpaired) electrons. The van der Waals surface area contributed by atoms with Gasteiger partial charge in [0.1, 0.15) is 0 Å². The molecule has 1 aliphatic heterocycles. The van der Waals surface area contributed by atoms with Gasteiger partial charge in [-0.3, -0.25) is 4.79 Å². The zero-order valence-electron chi connectivity index (χ0n) is 19.3. The van der Waals surface area contributed by atoms with Crippen molar-refractivity contribution in [3.05, 3.63) is 106 Å². The maximum atomic E-state index is 13.7. The summed E-state index contributed by atoms with van der Waals surface area (Å²) in [6.45, 7) is 1.51. The smallest absolute Gasteiger partial charge is 0.227 e. The molecule has 3 aromatic rings. The molecule has 1 fully saturated rings. The Labute approximate surface area is 217 Å². The second-order valence-electron chi connectivity index (χ2n) is 8.85. The van der Waals surface area contributed by atoms with Crippen molar-refractivity contribution in [2.45, 2.75) is 31.7 Å². The summed E-state index contributed by atoms with van der Waals surface area (Å²) in [5.41, 5.74) is 2.57. The van der Waals surface area contributed by atoms with Crippen molar-refractivity contribution in [3.8, 4) is 0 Å². The summed E-state index contributed by atoms with van der Waals surface area (Å²) in [4.78, 5) is 15.5. The summed E-state index contributed by atoms with van der Waals surface area (Å²) >= 11 is 12.2. The van der Waals surface area contributed by atoms with E-state index in [0.717, 1.165) is 11.1 Å². The summed E-state index contributed by atoms with van der Waals surface area (Å²) in [6.07, 6.45) is 1.29. The molecule has 0 spiro atoms. The SMILES string of the molecule is O=C(C1CCCN(S(=O)(=O)Cc2ccc(Cl)cc2Cl)C1)N(Cc1ccccc1)Cc1ccccc1. The van der Waals surface area contributed by atoms with E-state index in [4.69, 9.17) is 23.2 Å². The minimum atomic E-state index is -3.65. The van der Waals surface area contributed by atoms with Crippen LogP contribution < -0.4 is 0 Å². The molecule has 0 bridgehead atoms. The van der Waals surface area contributed by atoms with Crippen LogP contribution in [0.3, 0.4) is 0 Å². The van der Waals surface area contributed by atoms with Crippen molar-refractivity contribution in [1.29, 1.82) is 0 Å². The van der Waals surface area contributed by atoms with Crippen LogP contribution in [0.25, 0.3) is 0 Å². The lowest BCUT2D eigenvalue weighted by Gasteiger charge is -2.34. The van der Waals surface area contributed by atoms with E-state index in [2.05, 4.69) is 0 Å². The number of nitrogens with zero attached hydrogens (tertiary/aromatic N) is 2. The van der Waals surface area contributed by atoms with Crippen molar-refractivity contribution in [1.82, 2.24) is 9.21 Å². The summed E-state index contributed by atoms with van der Waals surface area (Å²) < 4.78 is 27.9. The van der Waals surface area contributed by atoms with Gasteiger partial charge < -0.3 is 4.90 Å². The number of amides is 1. The monoisotopic (exact) mass is 530 g/mol. The Kier molecular flexibility index (Phi) is 8.50. The quantitative estimate of drug-likeness (QED) is 0.371. The largest absolute Gasteiger partial charge is 0.334 e. The number of piperidine rings is 1. The van der Waals surface area contributed by atoms with Gasteiger partial charge >= 0.3 is 0 Å². The highest BCUT2D eigenvalue weighted by Gasteiger charge is 2.34. The molecule has 0 aromatic heterocycles. The lowest BCUT2D eigenvalue weighted by Crippen LogP contribution is -2.46. The van der Waals surface area contributed by atoms with Gasteiger partial charge in [-0.25, -0.2) is 12.7 Å². The van der Waals surface area contributed by atoms with E-state index in [1.807, 2.05) is 65.6 Å². The fourth-order valence-electron chi connectivity index (χ4n) is 4.40. The number of carbonyl (C=O) groups excluding carboxylic acids is 1. The molecular formula is C27H28Cl2N2O3S. The molecule has 1 unspecified atom stereocenters. The molecule has 1 aliphatic rings. The third-order valence-corrected chi connectivity index (χ3v) is 8.61. The molecule has 5 nitrogen and oxygen atoms in total. The Morgan fingerprint density at radius 1 is 0.914 bits per heavy atom. The van der Waals surface area contributed by atoms with Gasteiger partial charge in [0, 0.05) is 36.2 Å². The number of sulfonamides is 1. The first-order chi connectivity index (χ1) is 16.8. The third-order valence-electron chi connectivity index (χ3n) is 6.22. The predicted molar refractivity (Wildman–Crippen MR) is 141 cm³/mol. The zero-order chi connectivity index (χ0) is 24.8. The average Bonchev–Trinajstić information content (AvgIpc) is 2.86. The topological polar surface area (TPSA) is 57.7 Å². The third kappa shape index (κ3) is 6.85. The molecule has 0 aliphatic carbocycles. The maximum absolute atomic E-state index is 13.7. The van der Waals surface area contributed by atoms with Crippen molar-refractivity contribution < 1.29 is 13.2 Å². The number of hydrogen-bond donors (Lipinski definition) is 0. The lowest BCUT2D eigenvalue weighted by atomic mass is 9.97. The first kappa shape index (κ1) is 25.7. The van der Waals surface area contributed by atoms with Gasteiger partial charge in [-0.15, -0.1) is 0 Å². The standard InChI is InChI=1S/C27H28Cl2N2O3S/c28-25-14-13-24(26(29)16-25)20-35(33,34)31-15-7-12-23(19-31)27(32)30(17-21-8-3-1-4-9-21)18-22-10-5-2-6-11-22/h1-6,8-11,13-14,16,23H,7,12,15,17-20H2. The summed E-state index contributed by atoms with van der Waals surface area (Å²) in [6, 6.07) is 24.5. The maximum Gasteiger partial charge on any atom is 0.227 e. The summed E-state index contributed by atoms with van der Waals surface area (Å²) in [5, 5.41) is 0.777. The fourth-order valence-corrected chi connectivity index (χ4v) is 6.60. The van der Waals surface area contributed by atoms with Crippen LogP contribution in [0.2, 0.25) is 10.0 Å². The van der Waals surface area contributed by atoms with E-state index < -0.39 is 15.9 Å². The van der Waals surface area contributed by atoms with Crippen LogP contribution in [-0.4, -0.2) is 36.6 Å². The van der Waals surface area contributed by atoms with Crippen LogP contribution in [0.5, 0.6) is 0 Å². The van der Waals surface area contributed by atoms with Crippen LogP contribution in [0.4, 0.5) is 0 Å². The second-order valence-corrected chi connectivity index (χ2v) is 11.7. The van der Waals surface area contributed by atoms with Gasteiger partial charge in [0.2, 0.25) is 15.9 Å². The highest BCUT2D eigenvalue weighted by atomic mass is 35.5. The van der Waals surface area contributed by atoms with Gasteiger partial charge in [-0.1, -0.05) is 89.9 Å². The Hall–Kier alpha value is -2.38. The Bertz CT molecular complexity index is 1210. The van der Waals surface area contributed by atoms with Crippen molar-refractivity contribution in [3.63, 3.8) is 0 Å². The van der Waals surface area contributed by atoms with Crippen LogP contribution in [0.1, 0.15) is 29.5 Å². The predicted octanol–water partition coefficient (Wildman–Crippen LogP) is 5.76. The van der Waals surface area contributed by atoms with Crippen molar-refractivity contribution in [2.75, 3.05) is 13.1 Å². The van der Waals surface area contributed by atoms with E-state index in [1.165, 1.54) is 4.31 Å². The first-order valence-electron chi connectivity index (χ1n) is 11.6. The first-order valence-corrected chi connectivity index (χ1v) is 14.0. The molecular weight excluding hydrogens is 503 g/mol. The lowest BCUT2D eigenvalue weighted by molar-refractivity contribution is -0.138. The summed E-state index contributed by atoms with van der Waals surface area (Å²) in [7, 11) is -3.65. The fraction of sp³-hybridized carbons (Fsp3) is 0.296. The van der Waals surface area contributed by atoms with E-state index in [0.29, 0.717) is 48.1 Å². The number of hydrogen-bond acceptors (Lipinski definition) is 3. The van der Waals surface area contributed by atoms with Crippen LogP contribution >= 0.6 is 23.2 Å². The molecule has 0 saturated carbocycles. The zero-order valence-corrected chi connectivity index (χ0v) is 21.6. The van der Waals surface area contributed by atoms with Gasteiger partial charge in [-0.2, -0.15) is 0 Å². The van der Waals surface area contributed by atoms with Crippen molar-refractivity contribution >= 4 is 39.1 Å². The Morgan fingerprint density at radius 2 is 1.51 bits per heavy atom. The number of benzene rings is 3. The Morgan fingerprint density at radius 3 is 2.09 bits per heavy atom. The van der Waals surface area contributed by atoms with Crippen molar-refractivity contribution in [2.24, 2.45) is 5.92 Å². The van der Waals surface area contributed by atoms with Gasteiger partial charge in [0.15, 0.2) is 0 Å². The molecule has 3 aromatic carbocycles. The normalized spacial score (nSPS) is 16.7. The number of rotatable bonds is 8. The number of halogens is 2. The van der Waals surface area contributed by atoms with Crippen LogP contribution in [-0.2, 0) is 33.7 Å². The van der Waals surface area contributed by atoms with E-state index in [-0.39, 0.29) is 18.2 Å². The van der Waals surface area contributed by atoms with Crippen LogP contribution in [0.15, 0.2) is 78.9 Å². The molecule has 1 atom stereocenters. The van der Waals surface area contributed by atoms with E-state index >= 15 is 0 Å². The highest BCUT2D eigenvalue weighted by Crippen LogP contribution is 2.27. The minimum Gasteiger partial charge on any atom is -0.334 e.